The molecule has 7 nitrogen and oxygen atoms in total. The number of rotatable bonds is 3. The van der Waals surface area contributed by atoms with Crippen molar-refractivity contribution in [2.24, 2.45) is 0 Å². The molecule has 7 heteroatoms. The van der Waals surface area contributed by atoms with Gasteiger partial charge in [-0.3, -0.25) is 19.2 Å². The molecule has 0 bridgehead atoms. The van der Waals surface area contributed by atoms with Gasteiger partial charge in [0.2, 0.25) is 0 Å². The van der Waals surface area contributed by atoms with E-state index < -0.39 is 23.6 Å². The standard InChI is InChI=1S/C29H21N3O4/c1-4-17-8-7-16(3)30-25(17)32-28(35)21-13-11-19-23-20(12-14-22(24(21)23)29(32)36)27(34)31(26(19)33)18-9-5-15(2)6-10-18/h5-14H,4H2,1-3H3. The fourth-order valence-corrected chi connectivity index (χ4v) is 5.04. The SMILES string of the molecule is CCc1ccc(C)nc1N1C(=O)c2ccc3c4c(ccc(c24)C1=O)C(=O)N(c1ccc(C)cc1)C3=O. The lowest BCUT2D eigenvalue weighted by atomic mass is 9.85. The van der Waals surface area contributed by atoms with Gasteiger partial charge in [0.1, 0.15) is 5.82 Å². The summed E-state index contributed by atoms with van der Waals surface area (Å²) in [6.45, 7) is 5.66. The molecule has 0 unspecified atom stereocenters. The quantitative estimate of drug-likeness (QED) is 0.389. The second-order valence-electron chi connectivity index (χ2n) is 9.09. The molecule has 2 aliphatic rings. The summed E-state index contributed by atoms with van der Waals surface area (Å²) in [6, 6.07) is 17.1. The number of amides is 4. The molecule has 0 saturated carbocycles. The fraction of sp³-hybridized carbons (Fsp3) is 0.138. The lowest BCUT2D eigenvalue weighted by Crippen LogP contribution is -2.44. The molecule has 3 aromatic carbocycles. The van der Waals surface area contributed by atoms with Crippen LogP contribution in [-0.4, -0.2) is 28.6 Å². The van der Waals surface area contributed by atoms with E-state index in [-0.39, 0.29) is 22.3 Å². The Hall–Kier alpha value is -4.65. The first-order chi connectivity index (χ1) is 17.3. The second-order valence-corrected chi connectivity index (χ2v) is 9.09. The number of imide groups is 2. The summed E-state index contributed by atoms with van der Waals surface area (Å²) >= 11 is 0. The van der Waals surface area contributed by atoms with Crippen molar-refractivity contribution in [3.8, 4) is 0 Å². The highest BCUT2D eigenvalue weighted by Crippen LogP contribution is 2.40. The zero-order chi connectivity index (χ0) is 25.3. The van der Waals surface area contributed by atoms with Crippen molar-refractivity contribution in [3.05, 3.63) is 99.7 Å². The van der Waals surface area contributed by atoms with E-state index in [1.165, 1.54) is 0 Å². The maximum Gasteiger partial charge on any atom is 0.267 e. The van der Waals surface area contributed by atoms with Crippen molar-refractivity contribution in [3.63, 3.8) is 0 Å². The number of hydrogen-bond donors (Lipinski definition) is 0. The number of benzene rings is 3. The number of carbonyl (C=O) groups excluding carboxylic acids is 4. The van der Waals surface area contributed by atoms with E-state index >= 15 is 0 Å². The van der Waals surface area contributed by atoms with Crippen LogP contribution in [0.2, 0.25) is 0 Å². The van der Waals surface area contributed by atoms with Gasteiger partial charge in [0.05, 0.1) is 5.69 Å². The van der Waals surface area contributed by atoms with Gasteiger partial charge in [-0.15, -0.1) is 0 Å². The number of pyridine rings is 1. The zero-order valence-corrected chi connectivity index (χ0v) is 20.0. The van der Waals surface area contributed by atoms with Crippen LogP contribution < -0.4 is 9.80 Å². The fourth-order valence-electron chi connectivity index (χ4n) is 5.04. The topological polar surface area (TPSA) is 87.7 Å². The number of carbonyl (C=O) groups is 4. The molecule has 0 radical (unpaired) electrons. The van der Waals surface area contributed by atoms with Crippen LogP contribution in [-0.2, 0) is 6.42 Å². The molecule has 1 aromatic heterocycles. The summed E-state index contributed by atoms with van der Waals surface area (Å²) in [5.41, 5.74) is 4.02. The molecule has 2 aliphatic heterocycles. The molecule has 0 fully saturated rings. The number of aryl methyl sites for hydroxylation is 3. The summed E-state index contributed by atoms with van der Waals surface area (Å²) in [5, 5.41) is 0.685. The summed E-state index contributed by atoms with van der Waals surface area (Å²) in [4.78, 5) is 61.2. The highest BCUT2D eigenvalue weighted by Gasteiger charge is 2.41. The van der Waals surface area contributed by atoms with Crippen molar-refractivity contribution < 1.29 is 19.2 Å². The van der Waals surface area contributed by atoms with Crippen molar-refractivity contribution in [1.82, 2.24) is 4.98 Å². The average molecular weight is 476 g/mol. The molecule has 0 aliphatic carbocycles. The van der Waals surface area contributed by atoms with Gasteiger partial charge in [-0.1, -0.05) is 30.7 Å². The highest BCUT2D eigenvalue weighted by atomic mass is 16.2. The van der Waals surface area contributed by atoms with Gasteiger partial charge < -0.3 is 0 Å². The lowest BCUT2D eigenvalue weighted by molar-refractivity contribution is 0.0872. The maximum absolute atomic E-state index is 13.7. The van der Waals surface area contributed by atoms with Gasteiger partial charge in [-0.25, -0.2) is 14.8 Å². The summed E-state index contributed by atoms with van der Waals surface area (Å²) in [5.74, 6) is -1.72. The van der Waals surface area contributed by atoms with Crippen LogP contribution in [0.5, 0.6) is 0 Å². The molecule has 4 amide bonds. The van der Waals surface area contributed by atoms with Gasteiger partial charge in [-0.05, 0) is 68.3 Å². The number of nitrogens with zero attached hydrogens (tertiary/aromatic N) is 3. The molecular weight excluding hydrogens is 454 g/mol. The van der Waals surface area contributed by atoms with Crippen LogP contribution in [0.25, 0.3) is 10.8 Å². The maximum atomic E-state index is 13.7. The van der Waals surface area contributed by atoms with Crippen molar-refractivity contribution in [2.75, 3.05) is 9.80 Å². The second kappa shape index (κ2) is 7.68. The number of hydrogen-bond acceptors (Lipinski definition) is 5. The Morgan fingerprint density at radius 3 is 1.56 bits per heavy atom. The van der Waals surface area contributed by atoms with E-state index in [0.717, 1.165) is 20.9 Å². The molecule has 0 spiro atoms. The monoisotopic (exact) mass is 475 g/mol. The van der Waals surface area contributed by atoms with E-state index in [4.69, 9.17) is 0 Å². The molecule has 3 heterocycles. The van der Waals surface area contributed by atoms with Crippen molar-refractivity contribution >= 4 is 45.9 Å². The average Bonchev–Trinajstić information content (AvgIpc) is 2.87. The minimum absolute atomic E-state index is 0.264. The normalized spacial score (nSPS) is 14.8. The summed E-state index contributed by atoms with van der Waals surface area (Å²) in [7, 11) is 0. The molecule has 36 heavy (non-hydrogen) atoms. The van der Waals surface area contributed by atoms with E-state index in [1.54, 1.807) is 43.3 Å². The van der Waals surface area contributed by atoms with Crippen LogP contribution in [0, 0.1) is 13.8 Å². The zero-order valence-electron chi connectivity index (χ0n) is 20.0. The van der Waals surface area contributed by atoms with Crippen LogP contribution >= 0.6 is 0 Å². The van der Waals surface area contributed by atoms with E-state index in [2.05, 4.69) is 4.98 Å². The van der Waals surface area contributed by atoms with Gasteiger partial charge in [-0.2, -0.15) is 0 Å². The molecule has 0 saturated heterocycles. The van der Waals surface area contributed by atoms with Crippen molar-refractivity contribution in [2.45, 2.75) is 27.2 Å². The van der Waals surface area contributed by atoms with E-state index in [1.807, 2.05) is 38.1 Å². The van der Waals surface area contributed by atoms with Crippen LogP contribution in [0.15, 0.2) is 60.7 Å². The molecule has 4 aromatic rings. The lowest BCUT2D eigenvalue weighted by Gasteiger charge is -2.32. The number of aromatic nitrogens is 1. The molecule has 6 rings (SSSR count). The van der Waals surface area contributed by atoms with E-state index in [0.29, 0.717) is 34.4 Å². The third-order valence-electron chi connectivity index (χ3n) is 6.87. The van der Waals surface area contributed by atoms with Crippen molar-refractivity contribution in [1.29, 1.82) is 0 Å². The Bertz CT molecular complexity index is 1600. The Kier molecular flexibility index (Phi) is 4.66. The van der Waals surface area contributed by atoms with Crippen LogP contribution in [0.3, 0.4) is 0 Å². The van der Waals surface area contributed by atoms with Crippen LogP contribution in [0.4, 0.5) is 11.5 Å². The minimum atomic E-state index is -0.523. The Morgan fingerprint density at radius 2 is 1.08 bits per heavy atom. The largest absolute Gasteiger partial charge is 0.268 e. The third-order valence-corrected chi connectivity index (χ3v) is 6.87. The Morgan fingerprint density at radius 1 is 0.611 bits per heavy atom. The highest BCUT2D eigenvalue weighted by molar-refractivity contribution is 6.42. The smallest absolute Gasteiger partial charge is 0.267 e. The molecule has 176 valence electrons. The first kappa shape index (κ1) is 21.9. The van der Waals surface area contributed by atoms with E-state index in [9.17, 15) is 19.2 Å². The first-order valence-electron chi connectivity index (χ1n) is 11.7. The summed E-state index contributed by atoms with van der Waals surface area (Å²) < 4.78 is 0. The third kappa shape index (κ3) is 2.89. The Labute approximate surface area is 207 Å². The predicted octanol–water partition coefficient (Wildman–Crippen LogP) is 5.02. The van der Waals surface area contributed by atoms with Gasteiger partial charge in [0.15, 0.2) is 0 Å². The molecule has 0 N–H and O–H groups in total. The molecule has 0 atom stereocenters. The van der Waals surface area contributed by atoms with Gasteiger partial charge in [0, 0.05) is 38.7 Å². The Balaban J connectivity index is 1.56. The summed E-state index contributed by atoms with van der Waals surface area (Å²) in [6.07, 6.45) is 0.595. The van der Waals surface area contributed by atoms with Gasteiger partial charge >= 0.3 is 0 Å². The first-order valence-corrected chi connectivity index (χ1v) is 11.7. The number of anilines is 2. The predicted molar refractivity (Wildman–Crippen MR) is 136 cm³/mol. The molecular formula is C29H21N3O4. The van der Waals surface area contributed by atoms with Gasteiger partial charge in [0.25, 0.3) is 23.6 Å². The van der Waals surface area contributed by atoms with Crippen LogP contribution in [0.1, 0.15) is 65.2 Å². The minimum Gasteiger partial charge on any atom is -0.268 e.